The van der Waals surface area contributed by atoms with Crippen molar-refractivity contribution >= 4 is 17.7 Å². The van der Waals surface area contributed by atoms with Gasteiger partial charge in [-0.2, -0.15) is 5.11 Å². The summed E-state index contributed by atoms with van der Waals surface area (Å²) in [6.07, 6.45) is 2.65. The highest BCUT2D eigenvalue weighted by Crippen LogP contribution is 2.27. The maximum absolute atomic E-state index is 14.6. The van der Waals surface area contributed by atoms with Gasteiger partial charge in [0.25, 0.3) is 11.8 Å². The Balaban J connectivity index is 1.50. The summed E-state index contributed by atoms with van der Waals surface area (Å²) >= 11 is 0. The minimum absolute atomic E-state index is 0.0173. The molecule has 0 bridgehead atoms. The summed E-state index contributed by atoms with van der Waals surface area (Å²) in [5.74, 6) is -1.27. The van der Waals surface area contributed by atoms with Gasteiger partial charge in [0, 0.05) is 50.8 Å². The first kappa shape index (κ1) is 22.1. The van der Waals surface area contributed by atoms with Crippen LogP contribution in [0, 0.1) is 5.82 Å². The van der Waals surface area contributed by atoms with E-state index in [1.165, 1.54) is 13.0 Å². The summed E-state index contributed by atoms with van der Waals surface area (Å²) in [6, 6.07) is 4.13. The molecule has 0 radical (unpaired) electrons. The van der Waals surface area contributed by atoms with Crippen LogP contribution >= 0.6 is 0 Å². The van der Waals surface area contributed by atoms with Crippen LogP contribution in [0.2, 0.25) is 0 Å². The van der Waals surface area contributed by atoms with Gasteiger partial charge in [-0.3, -0.25) is 14.4 Å². The molecule has 0 spiro atoms. The average Bonchev–Trinajstić information content (AvgIpc) is 3.26. The van der Waals surface area contributed by atoms with Crippen LogP contribution in [0.5, 0.6) is 0 Å². The van der Waals surface area contributed by atoms with E-state index in [0.29, 0.717) is 44.5 Å². The first-order chi connectivity index (χ1) is 15.4. The molecule has 32 heavy (non-hydrogen) atoms. The van der Waals surface area contributed by atoms with Crippen molar-refractivity contribution < 1.29 is 18.8 Å². The van der Waals surface area contributed by atoms with Crippen molar-refractivity contribution in [1.29, 1.82) is 0 Å². The highest BCUT2D eigenvalue weighted by molar-refractivity contribution is 5.96. The van der Waals surface area contributed by atoms with E-state index < -0.39 is 5.82 Å². The summed E-state index contributed by atoms with van der Waals surface area (Å²) in [4.78, 5) is 40.3. The molecule has 8 nitrogen and oxygen atoms in total. The number of nitrogens with one attached hydrogen (secondary N) is 1. The number of carbonyl (C=O) groups excluding carboxylic acids is 3. The summed E-state index contributed by atoms with van der Waals surface area (Å²) in [6.45, 7) is 5.67. The maximum Gasteiger partial charge on any atom is 0.292 e. The summed E-state index contributed by atoms with van der Waals surface area (Å²) in [5.41, 5.74) is 2.23. The van der Waals surface area contributed by atoms with E-state index in [-0.39, 0.29) is 35.4 Å². The number of azo groups is 1. The Bertz CT molecular complexity index is 1010. The second-order valence-electron chi connectivity index (χ2n) is 8.48. The summed E-state index contributed by atoms with van der Waals surface area (Å²) in [5, 5.41) is 11.2. The molecule has 170 valence electrons. The predicted molar refractivity (Wildman–Crippen MR) is 115 cm³/mol. The Hall–Kier alpha value is -3.10. The zero-order valence-electron chi connectivity index (χ0n) is 18.4. The van der Waals surface area contributed by atoms with Crippen molar-refractivity contribution in [2.45, 2.75) is 51.6 Å². The third kappa shape index (κ3) is 4.28. The fourth-order valence-corrected chi connectivity index (χ4v) is 4.83. The number of rotatable bonds is 5. The topological polar surface area (TPSA) is 94.4 Å². The number of nitrogens with zero attached hydrogens (tertiary/aromatic N) is 4. The van der Waals surface area contributed by atoms with Gasteiger partial charge < -0.3 is 15.1 Å². The van der Waals surface area contributed by atoms with Crippen molar-refractivity contribution in [3.05, 3.63) is 46.4 Å². The van der Waals surface area contributed by atoms with Crippen LogP contribution in [-0.4, -0.2) is 65.8 Å². The Kier molecular flexibility index (Phi) is 6.34. The lowest BCUT2D eigenvalue weighted by Gasteiger charge is -2.27. The van der Waals surface area contributed by atoms with Crippen molar-refractivity contribution in [3.63, 3.8) is 0 Å². The van der Waals surface area contributed by atoms with Gasteiger partial charge in [0.1, 0.15) is 11.9 Å². The number of halogens is 1. The maximum atomic E-state index is 14.6. The largest absolute Gasteiger partial charge is 0.386 e. The lowest BCUT2D eigenvalue weighted by atomic mass is 9.93. The van der Waals surface area contributed by atoms with Crippen LogP contribution in [0.4, 0.5) is 4.39 Å². The van der Waals surface area contributed by atoms with E-state index in [4.69, 9.17) is 0 Å². The Morgan fingerprint density at radius 3 is 2.91 bits per heavy atom. The Morgan fingerprint density at radius 2 is 2.16 bits per heavy atom. The smallest absolute Gasteiger partial charge is 0.292 e. The SMILES string of the molecule is CCN(C(C)=O)C1CCN(C(=O)c2cc(CC3N=NC(=O)C4=C3NCCC4)ccc2F)C1. The van der Waals surface area contributed by atoms with Crippen molar-refractivity contribution in [2.24, 2.45) is 10.2 Å². The minimum atomic E-state index is -0.572. The van der Waals surface area contributed by atoms with E-state index in [1.54, 1.807) is 21.9 Å². The lowest BCUT2D eigenvalue weighted by molar-refractivity contribution is -0.130. The highest BCUT2D eigenvalue weighted by Gasteiger charge is 2.33. The molecule has 2 atom stereocenters. The molecule has 3 aliphatic heterocycles. The number of benzene rings is 1. The molecule has 2 unspecified atom stereocenters. The van der Waals surface area contributed by atoms with Crippen molar-refractivity contribution in [2.75, 3.05) is 26.2 Å². The van der Waals surface area contributed by atoms with Crippen molar-refractivity contribution in [3.8, 4) is 0 Å². The fraction of sp³-hybridized carbons (Fsp3) is 0.522. The Labute approximate surface area is 186 Å². The number of hydrogen-bond donors (Lipinski definition) is 1. The summed E-state index contributed by atoms with van der Waals surface area (Å²) < 4.78 is 14.6. The molecule has 4 rings (SSSR count). The van der Waals surface area contributed by atoms with E-state index in [9.17, 15) is 18.8 Å². The number of hydrogen-bond acceptors (Lipinski definition) is 5. The molecule has 3 amide bonds. The van der Waals surface area contributed by atoms with Crippen LogP contribution < -0.4 is 5.32 Å². The molecule has 0 aliphatic carbocycles. The van der Waals surface area contributed by atoms with Gasteiger partial charge in [0.15, 0.2) is 0 Å². The first-order valence-electron chi connectivity index (χ1n) is 11.2. The standard InChI is InChI=1S/C23H28FN5O3/c1-3-29(14(2)30)16-8-10-28(13-16)23(32)18-11-15(6-7-19(18)24)12-20-21-17(5-4-9-25-21)22(31)27-26-20/h6-7,11,16,20,25H,3-5,8-10,12-13H2,1-2H3. The van der Waals surface area contributed by atoms with Gasteiger partial charge in [0.05, 0.1) is 11.6 Å². The first-order valence-corrected chi connectivity index (χ1v) is 11.2. The van der Waals surface area contributed by atoms with Crippen LogP contribution in [-0.2, 0) is 16.0 Å². The molecule has 1 N–H and O–H groups in total. The third-order valence-corrected chi connectivity index (χ3v) is 6.45. The monoisotopic (exact) mass is 441 g/mol. The predicted octanol–water partition coefficient (Wildman–Crippen LogP) is 2.45. The minimum Gasteiger partial charge on any atom is -0.386 e. The van der Waals surface area contributed by atoms with E-state index >= 15 is 0 Å². The molecule has 1 saturated heterocycles. The van der Waals surface area contributed by atoms with E-state index in [2.05, 4.69) is 15.5 Å². The fourth-order valence-electron chi connectivity index (χ4n) is 4.83. The van der Waals surface area contributed by atoms with Crippen LogP contribution in [0.3, 0.4) is 0 Å². The van der Waals surface area contributed by atoms with Gasteiger partial charge >= 0.3 is 0 Å². The van der Waals surface area contributed by atoms with Crippen LogP contribution in [0.25, 0.3) is 0 Å². The molecule has 1 aromatic rings. The second kappa shape index (κ2) is 9.18. The number of carbonyl (C=O) groups is 3. The third-order valence-electron chi connectivity index (χ3n) is 6.45. The molecular weight excluding hydrogens is 413 g/mol. The molecule has 0 aromatic heterocycles. The zero-order chi connectivity index (χ0) is 22.8. The van der Waals surface area contributed by atoms with E-state index in [1.807, 2.05) is 6.92 Å². The molecule has 1 aromatic carbocycles. The Morgan fingerprint density at radius 1 is 1.34 bits per heavy atom. The second-order valence-corrected chi connectivity index (χ2v) is 8.48. The average molecular weight is 442 g/mol. The molecule has 9 heteroatoms. The summed E-state index contributed by atoms with van der Waals surface area (Å²) in [7, 11) is 0. The van der Waals surface area contributed by atoms with Gasteiger partial charge in [-0.25, -0.2) is 4.39 Å². The molecular formula is C23H28FN5O3. The molecule has 3 heterocycles. The normalized spacial score (nSPS) is 22.6. The van der Waals surface area contributed by atoms with Crippen molar-refractivity contribution in [1.82, 2.24) is 15.1 Å². The van der Waals surface area contributed by atoms with Crippen LogP contribution in [0.15, 0.2) is 39.7 Å². The van der Waals surface area contributed by atoms with Gasteiger partial charge in [-0.1, -0.05) is 6.07 Å². The van der Waals surface area contributed by atoms with Gasteiger partial charge in [0.2, 0.25) is 5.91 Å². The number of amides is 3. The van der Waals surface area contributed by atoms with Crippen LogP contribution in [0.1, 0.15) is 49.0 Å². The van der Waals surface area contributed by atoms with Gasteiger partial charge in [-0.05, 0) is 43.9 Å². The highest BCUT2D eigenvalue weighted by atomic mass is 19.1. The number of likely N-dealkylation sites (N-methyl/N-ethyl adjacent to an activating group) is 1. The lowest BCUT2D eigenvalue weighted by Crippen LogP contribution is -2.41. The molecule has 1 fully saturated rings. The molecule has 3 aliphatic rings. The number of likely N-dealkylation sites (tertiary alicyclic amines) is 1. The quantitative estimate of drug-likeness (QED) is 0.759. The molecule has 0 saturated carbocycles. The van der Waals surface area contributed by atoms with Gasteiger partial charge in [-0.15, -0.1) is 5.11 Å². The zero-order valence-corrected chi connectivity index (χ0v) is 18.4. The van der Waals surface area contributed by atoms with E-state index in [0.717, 1.165) is 24.2 Å².